The number of carbonyl (C=O) groups is 2. The van der Waals surface area contributed by atoms with Crippen LogP contribution in [0.2, 0.25) is 0 Å². The van der Waals surface area contributed by atoms with E-state index in [-0.39, 0.29) is 11.3 Å². The van der Waals surface area contributed by atoms with Crippen molar-refractivity contribution in [3.8, 4) is 11.1 Å². The molecule has 0 unspecified atom stereocenters. The van der Waals surface area contributed by atoms with Crippen molar-refractivity contribution < 1.29 is 14.0 Å². The molecule has 0 saturated heterocycles. The van der Waals surface area contributed by atoms with Crippen LogP contribution >= 0.6 is 0 Å². The Kier molecular flexibility index (Phi) is 4.45. The van der Waals surface area contributed by atoms with Crippen molar-refractivity contribution in [1.82, 2.24) is 10.2 Å². The molecule has 0 radical (unpaired) electrons. The topological polar surface area (TPSA) is 74.8 Å². The lowest BCUT2D eigenvalue weighted by atomic mass is 10.0. The maximum atomic E-state index is 13.3. The number of aromatic nitrogens is 2. The highest BCUT2D eigenvalue weighted by atomic mass is 19.1. The highest BCUT2D eigenvalue weighted by Crippen LogP contribution is 2.27. The van der Waals surface area contributed by atoms with Crippen LogP contribution in [0.3, 0.4) is 0 Å². The summed E-state index contributed by atoms with van der Waals surface area (Å²) in [6.07, 6.45) is 0. The van der Waals surface area contributed by atoms with Gasteiger partial charge in [-0.15, -0.1) is 0 Å². The van der Waals surface area contributed by atoms with Gasteiger partial charge in [0.15, 0.2) is 11.6 Å². The van der Waals surface area contributed by atoms with Gasteiger partial charge >= 0.3 is 0 Å². The van der Waals surface area contributed by atoms with Crippen molar-refractivity contribution in [1.29, 1.82) is 0 Å². The molecule has 2 N–H and O–H groups in total. The van der Waals surface area contributed by atoms with Crippen LogP contribution in [0.4, 0.5) is 10.2 Å². The zero-order valence-electron chi connectivity index (χ0n) is 15.0. The van der Waals surface area contributed by atoms with Gasteiger partial charge in [0.1, 0.15) is 5.82 Å². The van der Waals surface area contributed by atoms with Crippen LogP contribution in [0.1, 0.15) is 27.6 Å². The summed E-state index contributed by atoms with van der Waals surface area (Å²) >= 11 is 0. The fourth-order valence-electron chi connectivity index (χ4n) is 3.00. The Hall–Kier alpha value is -3.80. The first-order valence-corrected chi connectivity index (χ1v) is 8.68. The van der Waals surface area contributed by atoms with Gasteiger partial charge in [-0.2, -0.15) is 5.10 Å². The summed E-state index contributed by atoms with van der Waals surface area (Å²) in [4.78, 5) is 23.7. The van der Waals surface area contributed by atoms with Crippen molar-refractivity contribution in [2.45, 2.75) is 6.92 Å². The maximum absolute atomic E-state index is 13.3. The van der Waals surface area contributed by atoms with Crippen LogP contribution in [0, 0.1) is 5.82 Å². The number of anilines is 1. The number of hydrogen-bond donors (Lipinski definition) is 2. The van der Waals surface area contributed by atoms with E-state index < -0.39 is 11.7 Å². The molecule has 0 atom stereocenters. The second kappa shape index (κ2) is 7.08. The SMILES string of the molecule is CC(=O)c1ccc(-c2ccc3c(NC(=O)c4cccc(F)c4)n[nH]c3c2)cc1. The number of hydrogen-bond acceptors (Lipinski definition) is 3. The van der Waals surface area contributed by atoms with Gasteiger partial charge < -0.3 is 5.32 Å². The second-order valence-corrected chi connectivity index (χ2v) is 6.43. The highest BCUT2D eigenvalue weighted by molar-refractivity contribution is 6.08. The lowest BCUT2D eigenvalue weighted by molar-refractivity contribution is 0.101. The number of amides is 1. The summed E-state index contributed by atoms with van der Waals surface area (Å²) in [5.74, 6) is -0.506. The molecule has 0 saturated carbocycles. The minimum absolute atomic E-state index is 0.0225. The first kappa shape index (κ1) is 17.6. The Balaban J connectivity index is 1.61. The number of halogens is 1. The summed E-state index contributed by atoms with van der Waals surface area (Å²) in [5, 5.41) is 10.5. The molecular formula is C22H16FN3O2. The Labute approximate surface area is 160 Å². The van der Waals surface area contributed by atoms with Gasteiger partial charge in [0.25, 0.3) is 5.91 Å². The Morgan fingerprint density at radius 1 is 0.929 bits per heavy atom. The molecule has 1 amide bonds. The summed E-state index contributed by atoms with van der Waals surface area (Å²) in [5.41, 5.74) is 3.55. The zero-order chi connectivity index (χ0) is 19.7. The normalized spacial score (nSPS) is 10.8. The van der Waals surface area contributed by atoms with Crippen LogP contribution < -0.4 is 5.32 Å². The van der Waals surface area contributed by atoms with Crippen LogP contribution in [-0.2, 0) is 0 Å². The van der Waals surface area contributed by atoms with E-state index in [2.05, 4.69) is 15.5 Å². The fourth-order valence-corrected chi connectivity index (χ4v) is 3.00. The fraction of sp³-hybridized carbons (Fsp3) is 0.0455. The molecule has 6 heteroatoms. The third kappa shape index (κ3) is 3.40. The molecule has 1 aromatic heterocycles. The molecule has 5 nitrogen and oxygen atoms in total. The predicted octanol–water partition coefficient (Wildman–Crippen LogP) is 4.82. The molecule has 0 bridgehead atoms. The number of fused-ring (bicyclic) bond motifs is 1. The average Bonchev–Trinajstić information content (AvgIpc) is 3.10. The zero-order valence-corrected chi connectivity index (χ0v) is 15.0. The number of H-pyrrole nitrogens is 1. The van der Waals surface area contributed by atoms with Crippen molar-refractivity contribution in [2.75, 3.05) is 5.32 Å². The lowest BCUT2D eigenvalue weighted by Gasteiger charge is -2.05. The monoisotopic (exact) mass is 373 g/mol. The van der Waals surface area contributed by atoms with Crippen molar-refractivity contribution in [3.63, 3.8) is 0 Å². The molecule has 0 aliphatic heterocycles. The molecule has 0 spiro atoms. The van der Waals surface area contributed by atoms with Gasteiger partial charge in [0.05, 0.1) is 5.52 Å². The van der Waals surface area contributed by atoms with Crippen molar-refractivity contribution >= 4 is 28.4 Å². The van der Waals surface area contributed by atoms with Gasteiger partial charge in [0.2, 0.25) is 0 Å². The van der Waals surface area contributed by atoms with Gasteiger partial charge in [0, 0.05) is 16.5 Å². The van der Waals surface area contributed by atoms with Gasteiger partial charge in [-0.05, 0) is 48.4 Å². The molecule has 3 aromatic carbocycles. The van der Waals surface area contributed by atoms with Crippen LogP contribution in [0.25, 0.3) is 22.0 Å². The molecule has 28 heavy (non-hydrogen) atoms. The van der Waals surface area contributed by atoms with Gasteiger partial charge in [-0.25, -0.2) is 4.39 Å². The van der Waals surface area contributed by atoms with E-state index in [0.29, 0.717) is 11.4 Å². The lowest BCUT2D eigenvalue weighted by Crippen LogP contribution is -2.12. The largest absolute Gasteiger partial charge is 0.305 e. The standard InChI is InChI=1S/C22H16FN3O2/c1-13(27)14-5-7-15(8-6-14)16-9-10-19-20(12-16)25-26-21(19)24-22(28)17-3-2-4-18(23)11-17/h2-12H,1H3,(H2,24,25,26,28). The van der Waals surface area contributed by atoms with E-state index in [9.17, 15) is 14.0 Å². The van der Waals surface area contributed by atoms with E-state index in [1.165, 1.54) is 31.2 Å². The third-order valence-corrected chi connectivity index (χ3v) is 4.51. The van der Waals surface area contributed by atoms with Crippen LogP contribution in [-0.4, -0.2) is 21.9 Å². The van der Waals surface area contributed by atoms with Crippen LogP contribution in [0.15, 0.2) is 66.7 Å². The summed E-state index contributed by atoms with van der Waals surface area (Å²) in [6, 6.07) is 18.5. The molecule has 0 fully saturated rings. The van der Waals surface area contributed by atoms with Gasteiger partial charge in [-0.1, -0.05) is 36.4 Å². The number of aromatic amines is 1. The molecule has 4 aromatic rings. The molecular weight excluding hydrogens is 357 g/mol. The first-order valence-electron chi connectivity index (χ1n) is 8.68. The second-order valence-electron chi connectivity index (χ2n) is 6.43. The number of rotatable bonds is 4. The molecule has 138 valence electrons. The Morgan fingerprint density at radius 3 is 2.39 bits per heavy atom. The minimum Gasteiger partial charge on any atom is -0.305 e. The summed E-state index contributed by atoms with van der Waals surface area (Å²) in [7, 11) is 0. The third-order valence-electron chi connectivity index (χ3n) is 4.51. The molecule has 0 aliphatic carbocycles. The number of nitrogens with one attached hydrogen (secondary N) is 2. The van der Waals surface area contributed by atoms with Crippen LogP contribution in [0.5, 0.6) is 0 Å². The van der Waals surface area contributed by atoms with E-state index in [0.717, 1.165) is 22.0 Å². The van der Waals surface area contributed by atoms with Gasteiger partial charge in [-0.3, -0.25) is 14.7 Å². The maximum Gasteiger partial charge on any atom is 0.256 e. The minimum atomic E-state index is -0.472. The summed E-state index contributed by atoms with van der Waals surface area (Å²) < 4.78 is 13.3. The average molecular weight is 373 g/mol. The molecule has 4 rings (SSSR count). The number of benzene rings is 3. The number of nitrogens with zero attached hydrogens (tertiary/aromatic N) is 1. The molecule has 1 heterocycles. The van der Waals surface area contributed by atoms with E-state index in [1.807, 2.05) is 30.3 Å². The smallest absolute Gasteiger partial charge is 0.256 e. The summed E-state index contributed by atoms with van der Waals surface area (Å²) in [6.45, 7) is 1.53. The van der Waals surface area contributed by atoms with E-state index >= 15 is 0 Å². The van der Waals surface area contributed by atoms with E-state index in [1.54, 1.807) is 12.1 Å². The van der Waals surface area contributed by atoms with Crippen molar-refractivity contribution in [3.05, 3.63) is 83.7 Å². The quantitative estimate of drug-likeness (QED) is 0.504. The predicted molar refractivity (Wildman–Crippen MR) is 106 cm³/mol. The Bertz CT molecular complexity index is 1200. The molecule has 0 aliphatic rings. The van der Waals surface area contributed by atoms with E-state index in [4.69, 9.17) is 0 Å². The number of Topliss-reactive ketones (excluding diaryl/α,β-unsaturated/α-hetero) is 1. The first-order chi connectivity index (χ1) is 13.5. The number of ketones is 1. The highest BCUT2D eigenvalue weighted by Gasteiger charge is 2.12. The number of carbonyl (C=O) groups excluding carboxylic acids is 2. The van der Waals surface area contributed by atoms with Crippen molar-refractivity contribution in [2.24, 2.45) is 0 Å². The Morgan fingerprint density at radius 2 is 1.68 bits per heavy atom.